The number of ether oxygens (including phenoxy) is 1. The van der Waals surface area contributed by atoms with E-state index < -0.39 is 0 Å². The van der Waals surface area contributed by atoms with Gasteiger partial charge in [0, 0.05) is 37.1 Å². The van der Waals surface area contributed by atoms with Gasteiger partial charge >= 0.3 is 5.97 Å². The van der Waals surface area contributed by atoms with Crippen molar-refractivity contribution in [2.75, 3.05) is 39.0 Å². The van der Waals surface area contributed by atoms with E-state index in [4.69, 9.17) is 10.5 Å². The van der Waals surface area contributed by atoms with Gasteiger partial charge in [-0.15, -0.1) is 5.10 Å². The lowest BCUT2D eigenvalue weighted by atomic mass is 9.98. The fourth-order valence-corrected chi connectivity index (χ4v) is 3.81. The van der Waals surface area contributed by atoms with Crippen molar-refractivity contribution in [3.8, 4) is 0 Å². The van der Waals surface area contributed by atoms with Crippen LogP contribution in [0.5, 0.6) is 0 Å². The number of likely N-dealkylation sites (N-methyl/N-ethyl adjacent to an activating group) is 1. The summed E-state index contributed by atoms with van der Waals surface area (Å²) in [6.45, 7) is 6.55. The minimum atomic E-state index is -0.308. The molecular weight excluding hydrogens is 402 g/mol. The summed E-state index contributed by atoms with van der Waals surface area (Å²) < 4.78 is 6.60. The van der Waals surface area contributed by atoms with Crippen molar-refractivity contribution in [2.24, 2.45) is 5.92 Å². The number of esters is 1. The second kappa shape index (κ2) is 9.27. The first-order valence-corrected chi connectivity index (χ1v) is 10.4. The molecule has 3 heterocycles. The van der Waals surface area contributed by atoms with Gasteiger partial charge in [-0.25, -0.2) is 4.98 Å². The predicted molar refractivity (Wildman–Crippen MR) is 112 cm³/mol. The van der Waals surface area contributed by atoms with Gasteiger partial charge in [-0.3, -0.25) is 14.4 Å². The van der Waals surface area contributed by atoms with Gasteiger partial charge in [0.15, 0.2) is 0 Å². The van der Waals surface area contributed by atoms with Gasteiger partial charge in [0.25, 0.3) is 5.78 Å². The normalized spacial score (nSPS) is 16.4. The first-order chi connectivity index (χ1) is 14.7. The molecule has 31 heavy (non-hydrogen) atoms. The summed E-state index contributed by atoms with van der Waals surface area (Å²) in [6.07, 6.45) is 1.52. The molecule has 168 valence electrons. The third-order valence-electron chi connectivity index (χ3n) is 5.59. The largest absolute Gasteiger partial charge is 0.466 e. The van der Waals surface area contributed by atoms with Crippen LogP contribution in [0.1, 0.15) is 36.7 Å². The molecule has 1 unspecified atom stereocenters. The number of piperidine rings is 1. The molecule has 0 saturated carbocycles. The molecule has 1 atom stereocenters. The lowest BCUT2D eigenvalue weighted by Crippen LogP contribution is -2.47. The summed E-state index contributed by atoms with van der Waals surface area (Å²) in [4.78, 5) is 49.0. The zero-order chi connectivity index (χ0) is 22.7. The van der Waals surface area contributed by atoms with Crippen molar-refractivity contribution in [3.63, 3.8) is 0 Å². The zero-order valence-corrected chi connectivity index (χ0v) is 18.4. The smallest absolute Gasteiger partial charge is 0.310 e. The number of carbonyl (C=O) groups is 3. The van der Waals surface area contributed by atoms with E-state index in [9.17, 15) is 14.4 Å². The molecule has 2 aromatic rings. The maximum absolute atomic E-state index is 12.8. The van der Waals surface area contributed by atoms with E-state index in [1.54, 1.807) is 25.8 Å². The average molecular weight is 431 g/mol. The summed E-state index contributed by atoms with van der Waals surface area (Å²) >= 11 is 0. The summed E-state index contributed by atoms with van der Waals surface area (Å²) in [7, 11) is 1.59. The molecular formula is C20H29N7O4. The molecule has 11 nitrogen and oxygen atoms in total. The van der Waals surface area contributed by atoms with Crippen LogP contribution in [0.25, 0.3) is 5.78 Å². The van der Waals surface area contributed by atoms with Gasteiger partial charge in [-0.2, -0.15) is 9.50 Å². The van der Waals surface area contributed by atoms with Crippen molar-refractivity contribution in [1.29, 1.82) is 0 Å². The lowest BCUT2D eigenvalue weighted by molar-refractivity contribution is -0.152. The van der Waals surface area contributed by atoms with Crippen LogP contribution in [0.2, 0.25) is 0 Å². The van der Waals surface area contributed by atoms with Crippen molar-refractivity contribution in [1.82, 2.24) is 29.4 Å². The van der Waals surface area contributed by atoms with Gasteiger partial charge in [0.1, 0.15) is 0 Å². The molecule has 1 fully saturated rings. The quantitative estimate of drug-likeness (QED) is 0.637. The molecule has 1 saturated heterocycles. The van der Waals surface area contributed by atoms with Crippen LogP contribution in [0, 0.1) is 19.8 Å². The molecule has 1 aliphatic heterocycles. The second-order valence-electron chi connectivity index (χ2n) is 7.80. The Morgan fingerprint density at radius 1 is 1.26 bits per heavy atom. The molecule has 0 spiro atoms. The molecule has 11 heteroatoms. The van der Waals surface area contributed by atoms with Crippen LogP contribution in [0.15, 0.2) is 0 Å². The molecule has 0 radical (unpaired) electrons. The Kier molecular flexibility index (Phi) is 6.71. The average Bonchev–Trinajstić information content (AvgIpc) is 3.11. The van der Waals surface area contributed by atoms with Gasteiger partial charge < -0.3 is 20.3 Å². The summed E-state index contributed by atoms with van der Waals surface area (Å²) in [5, 5.41) is 4.11. The summed E-state index contributed by atoms with van der Waals surface area (Å²) in [5.41, 5.74) is 7.77. The molecule has 0 aromatic carbocycles. The monoisotopic (exact) mass is 431 g/mol. The van der Waals surface area contributed by atoms with E-state index in [1.165, 1.54) is 9.42 Å². The number of aryl methyl sites for hydroxylation is 2. The highest BCUT2D eigenvalue weighted by molar-refractivity contribution is 5.86. The molecule has 3 rings (SSSR count). The van der Waals surface area contributed by atoms with Crippen molar-refractivity contribution in [3.05, 3.63) is 17.0 Å². The maximum Gasteiger partial charge on any atom is 0.310 e. The Morgan fingerprint density at radius 2 is 2.00 bits per heavy atom. The zero-order valence-electron chi connectivity index (χ0n) is 18.4. The maximum atomic E-state index is 12.8. The SMILES string of the molecule is CCOC(=O)C1CCCN(C(=O)CN(C)C(=O)Cc2c(C)nc3nc(N)nn3c2C)C1. The number of hydrogen-bond acceptors (Lipinski definition) is 8. The van der Waals surface area contributed by atoms with E-state index in [0.29, 0.717) is 37.6 Å². The van der Waals surface area contributed by atoms with Crippen molar-refractivity contribution < 1.29 is 19.1 Å². The second-order valence-corrected chi connectivity index (χ2v) is 7.80. The number of fused-ring (bicyclic) bond motifs is 1. The molecule has 2 aromatic heterocycles. The van der Waals surface area contributed by atoms with Crippen LogP contribution in [-0.4, -0.2) is 80.5 Å². The molecule has 2 amide bonds. The molecule has 1 aliphatic rings. The van der Waals surface area contributed by atoms with Crippen LogP contribution >= 0.6 is 0 Å². The Balaban J connectivity index is 1.63. The number of amides is 2. The molecule has 0 bridgehead atoms. The highest BCUT2D eigenvalue weighted by Gasteiger charge is 2.30. The van der Waals surface area contributed by atoms with Crippen molar-refractivity contribution >= 4 is 29.5 Å². The minimum absolute atomic E-state index is 0.0571. The van der Waals surface area contributed by atoms with Crippen molar-refractivity contribution in [2.45, 2.75) is 40.0 Å². The number of hydrogen-bond donors (Lipinski definition) is 1. The Bertz CT molecular complexity index is 1000. The van der Waals surface area contributed by atoms with E-state index in [-0.39, 0.29) is 42.6 Å². The highest BCUT2D eigenvalue weighted by Crippen LogP contribution is 2.19. The number of nitrogens with zero attached hydrogens (tertiary/aromatic N) is 6. The van der Waals surface area contributed by atoms with Crippen LogP contribution in [-0.2, 0) is 25.5 Å². The van der Waals surface area contributed by atoms with Crippen LogP contribution < -0.4 is 5.73 Å². The molecule has 2 N–H and O–H groups in total. The van der Waals surface area contributed by atoms with Gasteiger partial charge in [0.2, 0.25) is 17.8 Å². The highest BCUT2D eigenvalue weighted by atomic mass is 16.5. The Hall–Kier alpha value is -3.24. The minimum Gasteiger partial charge on any atom is -0.466 e. The number of anilines is 1. The number of rotatable bonds is 6. The van der Waals surface area contributed by atoms with Crippen LogP contribution in [0.3, 0.4) is 0 Å². The van der Waals surface area contributed by atoms with Crippen LogP contribution in [0.4, 0.5) is 5.95 Å². The Morgan fingerprint density at radius 3 is 2.71 bits per heavy atom. The number of nitrogens with two attached hydrogens (primary N) is 1. The number of carbonyl (C=O) groups excluding carboxylic acids is 3. The number of likely N-dealkylation sites (tertiary alicyclic amines) is 1. The van der Waals surface area contributed by atoms with E-state index in [0.717, 1.165) is 17.7 Å². The first kappa shape index (κ1) is 22.4. The standard InChI is InChI=1S/C20H29N7O4/c1-5-31-18(30)14-7-6-8-26(10-14)17(29)11-25(4)16(28)9-15-12(2)22-20-23-19(21)24-27(20)13(15)3/h14H,5-11H2,1-4H3,(H2,21,24). The third kappa shape index (κ3) is 4.92. The number of nitrogen functional groups attached to an aromatic ring is 1. The lowest BCUT2D eigenvalue weighted by Gasteiger charge is -2.32. The molecule has 0 aliphatic carbocycles. The fraction of sp³-hybridized carbons (Fsp3) is 0.600. The van der Waals surface area contributed by atoms with E-state index in [2.05, 4.69) is 15.1 Å². The first-order valence-electron chi connectivity index (χ1n) is 10.4. The Labute approximate surface area is 180 Å². The summed E-state index contributed by atoms with van der Waals surface area (Å²) in [5.74, 6) is -0.482. The van der Waals surface area contributed by atoms with Gasteiger partial charge in [-0.05, 0) is 33.6 Å². The third-order valence-corrected chi connectivity index (χ3v) is 5.59. The fourth-order valence-electron chi connectivity index (χ4n) is 3.81. The predicted octanol–water partition coefficient (Wildman–Crippen LogP) is 0.126. The van der Waals surface area contributed by atoms with E-state index in [1.807, 2.05) is 6.92 Å². The van der Waals surface area contributed by atoms with E-state index >= 15 is 0 Å². The van der Waals surface area contributed by atoms with Gasteiger partial charge in [-0.1, -0.05) is 0 Å². The number of aromatic nitrogens is 4. The summed E-state index contributed by atoms with van der Waals surface area (Å²) in [6, 6.07) is 0. The topological polar surface area (TPSA) is 136 Å². The van der Waals surface area contributed by atoms with Gasteiger partial charge in [0.05, 0.1) is 25.5 Å².